The van der Waals surface area contributed by atoms with E-state index in [1.165, 1.54) is 11.3 Å². The topological polar surface area (TPSA) is 62.9 Å². The van der Waals surface area contributed by atoms with Gasteiger partial charge in [-0.25, -0.2) is 0 Å². The average Bonchev–Trinajstić information content (AvgIpc) is 2.66. The van der Waals surface area contributed by atoms with Gasteiger partial charge in [0.15, 0.2) is 5.96 Å². The van der Waals surface area contributed by atoms with E-state index in [1.807, 2.05) is 18.2 Å². The smallest absolute Gasteiger partial charge is 0.188 e. The summed E-state index contributed by atoms with van der Waals surface area (Å²) in [6, 6.07) is 18.4. The maximum absolute atomic E-state index is 5.92. The molecule has 0 aromatic heterocycles. The van der Waals surface area contributed by atoms with Crippen molar-refractivity contribution in [2.24, 2.45) is 10.7 Å². The molecule has 0 atom stereocenters. The van der Waals surface area contributed by atoms with Crippen LogP contribution in [0.4, 0.5) is 5.69 Å². The molecule has 0 aliphatic heterocycles. The lowest BCUT2D eigenvalue weighted by Gasteiger charge is -2.18. The summed E-state index contributed by atoms with van der Waals surface area (Å²) < 4.78 is 5.15. The molecule has 6 heteroatoms. The van der Waals surface area contributed by atoms with Crippen LogP contribution < -0.4 is 20.7 Å². The molecule has 26 heavy (non-hydrogen) atoms. The summed E-state index contributed by atoms with van der Waals surface area (Å²) >= 11 is 0. The molecule has 0 heterocycles. The van der Waals surface area contributed by atoms with Gasteiger partial charge in [0.05, 0.1) is 7.11 Å². The first-order valence-corrected chi connectivity index (χ1v) is 8.62. The van der Waals surface area contributed by atoms with E-state index >= 15 is 0 Å². The van der Waals surface area contributed by atoms with Gasteiger partial charge in [0.1, 0.15) is 5.75 Å². The Morgan fingerprint density at radius 1 is 1.12 bits per heavy atom. The number of hydrogen-bond donors (Lipinski definition) is 2. The highest BCUT2D eigenvalue weighted by molar-refractivity contribution is 14.0. The van der Waals surface area contributed by atoms with Gasteiger partial charge in [-0.3, -0.25) is 4.99 Å². The number of para-hydroxylation sites is 1. The molecule has 0 unspecified atom stereocenters. The molecular formula is C20H29IN4O. The molecule has 0 aliphatic carbocycles. The molecule has 0 spiro atoms. The van der Waals surface area contributed by atoms with Gasteiger partial charge in [0.25, 0.3) is 0 Å². The fourth-order valence-corrected chi connectivity index (χ4v) is 2.50. The maximum Gasteiger partial charge on any atom is 0.188 e. The molecule has 0 bridgehead atoms. The summed E-state index contributed by atoms with van der Waals surface area (Å²) in [5, 5.41) is 3.16. The Morgan fingerprint density at radius 2 is 1.81 bits per heavy atom. The Kier molecular flexibility index (Phi) is 10.5. The number of aliphatic imine (C=N–C) groups is 1. The van der Waals surface area contributed by atoms with E-state index in [4.69, 9.17) is 10.5 Å². The number of nitrogens with two attached hydrogens (primary N) is 1. The second-order valence-electron chi connectivity index (χ2n) is 5.90. The number of nitrogens with one attached hydrogen (secondary N) is 1. The van der Waals surface area contributed by atoms with Gasteiger partial charge in [0.2, 0.25) is 0 Å². The Labute approximate surface area is 173 Å². The lowest BCUT2D eigenvalue weighted by Crippen LogP contribution is -2.33. The van der Waals surface area contributed by atoms with Crippen molar-refractivity contribution in [1.29, 1.82) is 0 Å². The van der Waals surface area contributed by atoms with Crippen molar-refractivity contribution < 1.29 is 4.74 Å². The van der Waals surface area contributed by atoms with Crippen molar-refractivity contribution in [3.05, 3.63) is 60.2 Å². The number of benzene rings is 2. The Hall–Kier alpha value is -1.96. The molecule has 0 amide bonds. The Morgan fingerprint density at radius 3 is 2.46 bits per heavy atom. The normalized spacial score (nSPS) is 10.8. The molecule has 2 aromatic carbocycles. The molecule has 3 N–H and O–H groups in total. The quantitative estimate of drug-likeness (QED) is 0.257. The minimum Gasteiger partial charge on any atom is -0.497 e. The maximum atomic E-state index is 5.92. The SMILES string of the molecule is COc1ccc(CCNC(N)=NCCCN(C)c2ccccc2)cc1.I. The summed E-state index contributed by atoms with van der Waals surface area (Å²) in [5.41, 5.74) is 8.38. The molecule has 0 saturated carbocycles. The van der Waals surface area contributed by atoms with E-state index < -0.39 is 0 Å². The zero-order valence-corrected chi connectivity index (χ0v) is 17.9. The first-order valence-electron chi connectivity index (χ1n) is 8.62. The van der Waals surface area contributed by atoms with Gasteiger partial charge in [-0.05, 0) is 42.7 Å². The van der Waals surface area contributed by atoms with Crippen molar-refractivity contribution in [3.63, 3.8) is 0 Å². The molecular weight excluding hydrogens is 439 g/mol. The summed E-state index contributed by atoms with van der Waals surface area (Å²) in [6.45, 7) is 2.44. The van der Waals surface area contributed by atoms with Gasteiger partial charge < -0.3 is 20.7 Å². The van der Waals surface area contributed by atoms with Gasteiger partial charge in [-0.1, -0.05) is 30.3 Å². The van der Waals surface area contributed by atoms with Crippen LogP contribution in [0.5, 0.6) is 5.75 Å². The Bertz CT molecular complexity index is 647. The van der Waals surface area contributed by atoms with Gasteiger partial charge >= 0.3 is 0 Å². The van der Waals surface area contributed by atoms with E-state index in [-0.39, 0.29) is 24.0 Å². The van der Waals surface area contributed by atoms with Crippen LogP contribution in [-0.4, -0.2) is 39.8 Å². The van der Waals surface area contributed by atoms with Gasteiger partial charge in [-0.2, -0.15) is 0 Å². The number of nitrogens with zero attached hydrogens (tertiary/aromatic N) is 2. The first kappa shape index (κ1) is 22.1. The minimum absolute atomic E-state index is 0. The highest BCUT2D eigenvalue weighted by Crippen LogP contribution is 2.11. The molecule has 0 saturated heterocycles. The van der Waals surface area contributed by atoms with Crippen LogP contribution in [0.25, 0.3) is 0 Å². The highest BCUT2D eigenvalue weighted by Gasteiger charge is 1.99. The first-order chi connectivity index (χ1) is 12.2. The van der Waals surface area contributed by atoms with E-state index in [2.05, 4.69) is 58.7 Å². The van der Waals surface area contributed by atoms with E-state index in [9.17, 15) is 0 Å². The molecule has 0 aliphatic rings. The van der Waals surface area contributed by atoms with Crippen LogP contribution in [0, 0.1) is 0 Å². The third-order valence-corrected chi connectivity index (χ3v) is 4.01. The van der Waals surface area contributed by atoms with E-state index in [1.54, 1.807) is 7.11 Å². The number of rotatable bonds is 9. The van der Waals surface area contributed by atoms with Crippen molar-refractivity contribution in [1.82, 2.24) is 5.32 Å². The van der Waals surface area contributed by atoms with Crippen molar-refractivity contribution >= 4 is 35.6 Å². The second kappa shape index (κ2) is 12.4. The van der Waals surface area contributed by atoms with Crippen LogP contribution in [-0.2, 0) is 6.42 Å². The summed E-state index contributed by atoms with van der Waals surface area (Å²) in [4.78, 5) is 6.61. The number of hydrogen-bond acceptors (Lipinski definition) is 3. The number of guanidine groups is 1. The second-order valence-corrected chi connectivity index (χ2v) is 5.90. The predicted molar refractivity (Wildman–Crippen MR) is 121 cm³/mol. The lowest BCUT2D eigenvalue weighted by atomic mass is 10.1. The molecule has 142 valence electrons. The summed E-state index contributed by atoms with van der Waals surface area (Å²) in [5.74, 6) is 1.38. The number of ether oxygens (including phenoxy) is 1. The van der Waals surface area contributed by atoms with Crippen molar-refractivity contribution in [2.45, 2.75) is 12.8 Å². The van der Waals surface area contributed by atoms with Crippen LogP contribution in [0.3, 0.4) is 0 Å². The highest BCUT2D eigenvalue weighted by atomic mass is 127. The molecule has 2 rings (SSSR count). The third-order valence-electron chi connectivity index (χ3n) is 4.01. The predicted octanol–water partition coefficient (Wildman–Crippen LogP) is 3.29. The van der Waals surface area contributed by atoms with Gasteiger partial charge in [0, 0.05) is 32.4 Å². The fraction of sp³-hybridized carbons (Fsp3) is 0.350. The largest absolute Gasteiger partial charge is 0.497 e. The Balaban J connectivity index is 0.00000338. The van der Waals surface area contributed by atoms with E-state index in [0.29, 0.717) is 5.96 Å². The van der Waals surface area contributed by atoms with Crippen LogP contribution in [0.15, 0.2) is 59.6 Å². The summed E-state index contributed by atoms with van der Waals surface area (Å²) in [7, 11) is 3.76. The number of anilines is 1. The summed E-state index contributed by atoms with van der Waals surface area (Å²) in [6.07, 6.45) is 1.86. The monoisotopic (exact) mass is 468 g/mol. The fourth-order valence-electron chi connectivity index (χ4n) is 2.50. The standard InChI is InChI=1S/C20H28N4O.HI/c1-24(18-7-4-3-5-8-18)16-6-14-22-20(21)23-15-13-17-9-11-19(25-2)12-10-17;/h3-5,7-12H,6,13-16H2,1-2H3,(H3,21,22,23);1H. The van der Waals surface area contributed by atoms with E-state index in [0.717, 1.165) is 38.2 Å². The average molecular weight is 468 g/mol. The van der Waals surface area contributed by atoms with Crippen molar-refractivity contribution in [2.75, 3.05) is 38.7 Å². The van der Waals surface area contributed by atoms with Gasteiger partial charge in [-0.15, -0.1) is 24.0 Å². The zero-order chi connectivity index (χ0) is 17.9. The molecule has 5 nitrogen and oxygen atoms in total. The number of halogens is 1. The van der Waals surface area contributed by atoms with Crippen LogP contribution in [0.2, 0.25) is 0 Å². The molecule has 0 radical (unpaired) electrons. The molecule has 2 aromatic rings. The number of methoxy groups -OCH3 is 1. The van der Waals surface area contributed by atoms with Crippen LogP contribution >= 0.6 is 24.0 Å². The molecule has 0 fully saturated rings. The zero-order valence-electron chi connectivity index (χ0n) is 15.5. The third kappa shape index (κ3) is 7.95. The minimum atomic E-state index is 0. The lowest BCUT2D eigenvalue weighted by molar-refractivity contribution is 0.414. The van der Waals surface area contributed by atoms with Crippen molar-refractivity contribution in [3.8, 4) is 5.75 Å². The van der Waals surface area contributed by atoms with Crippen LogP contribution in [0.1, 0.15) is 12.0 Å².